The van der Waals surface area contributed by atoms with E-state index in [4.69, 9.17) is 15.0 Å². The zero-order valence-electron chi connectivity index (χ0n) is 9.01. The first-order valence-corrected chi connectivity index (χ1v) is 3.42. The van der Waals surface area contributed by atoms with Gasteiger partial charge in [-0.05, 0) is 12.2 Å². The standard InChI is InChI=1S/C3H5NO.2C3H4O2.K/c3*1-2-3(4)5;/h2H,1H2,(H2,4,5);2*2H,1H2,(H,4,5);/q;;;+1/p-1. The van der Waals surface area contributed by atoms with Gasteiger partial charge in [0.15, 0.2) is 0 Å². The number of carboxylic acids is 2. The van der Waals surface area contributed by atoms with E-state index in [1.54, 1.807) is 0 Å². The number of rotatable bonds is 3. The number of carbonyl (C=O) groups excluding carboxylic acids is 2. The Labute approximate surface area is 136 Å². The molecule has 0 heterocycles. The number of hydrogen-bond acceptors (Lipinski definition) is 4. The van der Waals surface area contributed by atoms with Gasteiger partial charge in [-0.25, -0.2) is 4.79 Å². The summed E-state index contributed by atoms with van der Waals surface area (Å²) in [6.07, 6.45) is 2.61. The molecule has 0 bridgehead atoms. The van der Waals surface area contributed by atoms with Crippen LogP contribution in [-0.2, 0) is 14.4 Å². The minimum atomic E-state index is -1.23. The maximum atomic E-state index is 9.47. The average Bonchev–Trinajstić information content (AvgIpc) is 2.19. The average molecular weight is 253 g/mol. The van der Waals surface area contributed by atoms with Crippen LogP contribution in [0.3, 0.4) is 0 Å². The number of carbonyl (C=O) groups is 3. The third kappa shape index (κ3) is 72.0. The Morgan fingerprint density at radius 3 is 1.25 bits per heavy atom. The molecule has 0 spiro atoms. The van der Waals surface area contributed by atoms with Crippen LogP contribution in [0, 0.1) is 0 Å². The predicted molar refractivity (Wildman–Crippen MR) is 52.4 cm³/mol. The molecule has 16 heavy (non-hydrogen) atoms. The fraction of sp³-hybridized carbons (Fsp3) is 0. The minimum absolute atomic E-state index is 0. The van der Waals surface area contributed by atoms with Crippen molar-refractivity contribution in [3.8, 4) is 0 Å². The monoisotopic (exact) mass is 253 g/mol. The van der Waals surface area contributed by atoms with Gasteiger partial charge in [-0.2, -0.15) is 0 Å². The quantitative estimate of drug-likeness (QED) is 0.390. The van der Waals surface area contributed by atoms with Crippen LogP contribution in [0.25, 0.3) is 0 Å². The summed E-state index contributed by atoms with van der Waals surface area (Å²) in [5.41, 5.74) is 4.53. The second-order valence-corrected chi connectivity index (χ2v) is 1.67. The SMILES string of the molecule is C=CC(=O)O.C=CC(=O)[O-].C=CC(N)=O.[K+]. The Morgan fingerprint density at radius 2 is 1.25 bits per heavy atom. The van der Waals surface area contributed by atoms with Crippen molar-refractivity contribution >= 4 is 17.8 Å². The summed E-state index contributed by atoms with van der Waals surface area (Å²) in [5.74, 6) is -2.69. The number of amides is 1. The molecule has 84 valence electrons. The molecule has 0 saturated carbocycles. The molecule has 0 aromatic rings. The topological polar surface area (TPSA) is 121 Å². The molecular formula is C9H12KNO5. The van der Waals surface area contributed by atoms with Crippen LogP contribution >= 0.6 is 0 Å². The van der Waals surface area contributed by atoms with E-state index in [-0.39, 0.29) is 51.4 Å². The fourth-order valence-electron chi connectivity index (χ4n) is 0. The molecule has 0 atom stereocenters. The van der Waals surface area contributed by atoms with Gasteiger partial charge in [-0.1, -0.05) is 19.7 Å². The van der Waals surface area contributed by atoms with Crippen LogP contribution in [-0.4, -0.2) is 23.0 Å². The van der Waals surface area contributed by atoms with Crippen LogP contribution in [0.2, 0.25) is 0 Å². The molecule has 0 aromatic carbocycles. The number of hydrogen-bond donors (Lipinski definition) is 2. The Bertz CT molecular complexity index is 220. The van der Waals surface area contributed by atoms with Crippen molar-refractivity contribution in [1.29, 1.82) is 0 Å². The van der Waals surface area contributed by atoms with Crippen molar-refractivity contribution < 1.29 is 76.0 Å². The second kappa shape index (κ2) is 19.8. The van der Waals surface area contributed by atoms with Crippen LogP contribution < -0.4 is 62.2 Å². The molecule has 0 aromatic heterocycles. The molecule has 0 saturated heterocycles. The zero-order chi connectivity index (χ0) is 12.9. The van der Waals surface area contributed by atoms with Gasteiger partial charge in [-0.15, -0.1) is 0 Å². The fourth-order valence-corrected chi connectivity index (χ4v) is 0. The van der Waals surface area contributed by atoms with Crippen molar-refractivity contribution in [2.45, 2.75) is 0 Å². The molecule has 0 fully saturated rings. The molecule has 6 nitrogen and oxygen atoms in total. The molecular weight excluding hydrogens is 241 g/mol. The third-order valence-electron chi connectivity index (χ3n) is 0.542. The van der Waals surface area contributed by atoms with E-state index in [0.717, 1.165) is 18.2 Å². The summed E-state index contributed by atoms with van der Waals surface area (Å²) >= 11 is 0. The molecule has 0 aliphatic carbocycles. The first kappa shape index (κ1) is 24.5. The largest absolute Gasteiger partial charge is 1.00 e. The van der Waals surface area contributed by atoms with Crippen LogP contribution in [0.5, 0.6) is 0 Å². The molecule has 0 aliphatic heterocycles. The van der Waals surface area contributed by atoms with Crippen molar-refractivity contribution in [1.82, 2.24) is 0 Å². The number of carboxylic acid groups (broad SMARTS) is 2. The van der Waals surface area contributed by atoms with Gasteiger partial charge in [0, 0.05) is 6.08 Å². The van der Waals surface area contributed by atoms with Gasteiger partial charge in [0.25, 0.3) is 0 Å². The summed E-state index contributed by atoms with van der Waals surface area (Å²) < 4.78 is 0. The van der Waals surface area contributed by atoms with E-state index in [2.05, 4.69) is 25.5 Å². The van der Waals surface area contributed by atoms with Gasteiger partial charge in [-0.3, -0.25) is 4.79 Å². The van der Waals surface area contributed by atoms with Crippen LogP contribution in [0.4, 0.5) is 0 Å². The first-order valence-electron chi connectivity index (χ1n) is 3.42. The summed E-state index contributed by atoms with van der Waals surface area (Å²) in [6.45, 7) is 8.94. The molecule has 0 unspecified atom stereocenters. The van der Waals surface area contributed by atoms with Gasteiger partial charge in [0.05, 0.1) is 5.97 Å². The molecule has 0 aliphatic rings. The maximum absolute atomic E-state index is 9.47. The van der Waals surface area contributed by atoms with E-state index >= 15 is 0 Å². The van der Waals surface area contributed by atoms with Crippen molar-refractivity contribution in [3.63, 3.8) is 0 Å². The molecule has 0 rings (SSSR count). The van der Waals surface area contributed by atoms with E-state index in [1.165, 1.54) is 0 Å². The van der Waals surface area contributed by atoms with Crippen LogP contribution in [0.1, 0.15) is 0 Å². The summed E-state index contributed by atoms with van der Waals surface area (Å²) in [4.78, 5) is 27.9. The molecule has 7 heteroatoms. The van der Waals surface area contributed by atoms with E-state index in [1.807, 2.05) is 0 Å². The smallest absolute Gasteiger partial charge is 0.545 e. The second-order valence-electron chi connectivity index (χ2n) is 1.67. The van der Waals surface area contributed by atoms with Crippen molar-refractivity contribution in [2.24, 2.45) is 5.73 Å². The summed E-state index contributed by atoms with van der Waals surface area (Å²) in [6, 6.07) is 0. The normalized spacial score (nSPS) is 6.00. The predicted octanol–water partition coefficient (Wildman–Crippen LogP) is -4.16. The van der Waals surface area contributed by atoms with Crippen molar-refractivity contribution in [2.75, 3.05) is 0 Å². The molecule has 3 N–H and O–H groups in total. The summed E-state index contributed by atoms with van der Waals surface area (Å²) in [5, 5.41) is 16.7. The molecule has 0 radical (unpaired) electrons. The first-order chi connectivity index (χ1) is 6.81. The van der Waals surface area contributed by atoms with Gasteiger partial charge < -0.3 is 20.7 Å². The Kier molecular flexibility index (Phi) is 30.3. The van der Waals surface area contributed by atoms with E-state index in [0.29, 0.717) is 0 Å². The Hall–Kier alpha value is -0.734. The number of aliphatic carboxylic acids is 2. The minimum Gasteiger partial charge on any atom is -0.545 e. The van der Waals surface area contributed by atoms with Gasteiger partial charge in [0.2, 0.25) is 5.91 Å². The van der Waals surface area contributed by atoms with Gasteiger partial charge in [0.1, 0.15) is 0 Å². The summed E-state index contributed by atoms with van der Waals surface area (Å²) in [7, 11) is 0. The maximum Gasteiger partial charge on any atom is 1.00 e. The zero-order valence-corrected chi connectivity index (χ0v) is 12.1. The third-order valence-corrected chi connectivity index (χ3v) is 0.542. The van der Waals surface area contributed by atoms with Gasteiger partial charge >= 0.3 is 57.4 Å². The number of nitrogens with two attached hydrogens (primary N) is 1. The Morgan fingerprint density at radius 1 is 1.06 bits per heavy atom. The van der Waals surface area contributed by atoms with Crippen molar-refractivity contribution in [3.05, 3.63) is 38.0 Å². The number of primary amides is 1. The molecule has 1 amide bonds. The van der Waals surface area contributed by atoms with Crippen LogP contribution in [0.15, 0.2) is 38.0 Å². The van der Waals surface area contributed by atoms with E-state index in [9.17, 15) is 9.59 Å². The Balaban J connectivity index is -0.0000000655. The van der Waals surface area contributed by atoms with E-state index < -0.39 is 17.8 Å².